The van der Waals surface area contributed by atoms with Crippen molar-refractivity contribution in [3.63, 3.8) is 0 Å². The van der Waals surface area contributed by atoms with E-state index in [1.165, 1.54) is 11.3 Å². The number of anilines is 1. The number of aryl methyl sites for hydroxylation is 1. The molecule has 0 bridgehead atoms. The van der Waals surface area contributed by atoms with Crippen molar-refractivity contribution >= 4 is 22.9 Å². The Bertz CT molecular complexity index is 1100. The monoisotopic (exact) mass is 402 g/mol. The molecular formula is C23H22N4OS. The van der Waals surface area contributed by atoms with Gasteiger partial charge in [-0.15, -0.1) is 11.3 Å². The lowest BCUT2D eigenvalue weighted by Gasteiger charge is -2.48. The van der Waals surface area contributed by atoms with Crippen molar-refractivity contribution < 1.29 is 4.79 Å². The molecule has 2 atom stereocenters. The third kappa shape index (κ3) is 2.65. The first kappa shape index (κ1) is 18.1. The van der Waals surface area contributed by atoms with E-state index in [2.05, 4.69) is 23.1 Å². The van der Waals surface area contributed by atoms with Crippen LogP contribution < -0.4 is 4.90 Å². The summed E-state index contributed by atoms with van der Waals surface area (Å²) in [6.07, 6.45) is 3.37. The fourth-order valence-electron chi connectivity index (χ4n) is 4.92. The molecule has 0 N–H and O–H groups in total. The van der Waals surface area contributed by atoms with Gasteiger partial charge in [-0.05, 0) is 49.8 Å². The number of carbonyl (C=O) groups excluding carboxylic acids is 1. The molecule has 4 heterocycles. The van der Waals surface area contributed by atoms with Gasteiger partial charge in [0, 0.05) is 18.5 Å². The number of rotatable bonds is 3. The first-order chi connectivity index (χ1) is 14.2. The average Bonchev–Trinajstić information content (AvgIpc) is 3.42. The molecule has 5 nitrogen and oxygen atoms in total. The minimum Gasteiger partial charge on any atom is -0.351 e. The van der Waals surface area contributed by atoms with Crippen LogP contribution in [-0.2, 0) is 6.42 Å². The van der Waals surface area contributed by atoms with Gasteiger partial charge in [0.1, 0.15) is 11.2 Å². The number of Topliss-reactive ketones (excluding diaryl/α,β-unsaturated/α-hetero) is 1. The van der Waals surface area contributed by atoms with Crippen molar-refractivity contribution in [1.82, 2.24) is 9.78 Å². The number of thiophene rings is 1. The molecule has 0 aliphatic carbocycles. The fourth-order valence-corrected chi connectivity index (χ4v) is 5.67. The maximum absolute atomic E-state index is 13.6. The number of fused-ring (bicyclic) bond motifs is 3. The van der Waals surface area contributed by atoms with Crippen molar-refractivity contribution in [1.29, 1.82) is 5.26 Å². The fraction of sp³-hybridized carbons (Fsp3) is 0.348. The van der Waals surface area contributed by atoms with Gasteiger partial charge in [-0.2, -0.15) is 10.4 Å². The molecule has 1 fully saturated rings. The third-order valence-electron chi connectivity index (χ3n) is 6.31. The Kier molecular flexibility index (Phi) is 4.29. The van der Waals surface area contributed by atoms with Crippen LogP contribution in [0.3, 0.4) is 0 Å². The highest BCUT2D eigenvalue weighted by Crippen LogP contribution is 2.48. The van der Waals surface area contributed by atoms with Crippen LogP contribution in [0, 0.1) is 23.7 Å². The van der Waals surface area contributed by atoms with Gasteiger partial charge in [-0.3, -0.25) is 4.79 Å². The zero-order chi connectivity index (χ0) is 20.0. The number of aromatic nitrogens is 2. The summed E-state index contributed by atoms with van der Waals surface area (Å²) in [6.45, 7) is 2.83. The van der Waals surface area contributed by atoms with E-state index in [1.54, 1.807) is 0 Å². The van der Waals surface area contributed by atoms with Gasteiger partial charge in [-0.1, -0.05) is 24.3 Å². The summed E-state index contributed by atoms with van der Waals surface area (Å²) in [6, 6.07) is 16.2. The van der Waals surface area contributed by atoms with E-state index in [4.69, 9.17) is 5.10 Å². The van der Waals surface area contributed by atoms with Crippen LogP contribution in [0.25, 0.3) is 5.69 Å². The summed E-state index contributed by atoms with van der Waals surface area (Å²) in [7, 11) is 0. The summed E-state index contributed by atoms with van der Waals surface area (Å²) in [5.41, 5.74) is 1.87. The smallest absolute Gasteiger partial charge is 0.195 e. The standard InChI is InChI=1S/C23H22N4OS/c1-16-18-14-23(15-24,21(28)19-10-7-13-29-19)20-11-5-6-12-26(20)22(18)27(25-16)17-8-3-2-4-9-17/h2-4,7-10,13,20H,5-6,11-12,14H2,1H3/t20-,23-/m0/s1. The largest absolute Gasteiger partial charge is 0.351 e. The van der Waals surface area contributed by atoms with Gasteiger partial charge >= 0.3 is 0 Å². The van der Waals surface area contributed by atoms with Gasteiger partial charge in [0.05, 0.1) is 28.4 Å². The van der Waals surface area contributed by atoms with Crippen LogP contribution in [0.15, 0.2) is 47.8 Å². The molecule has 0 spiro atoms. The molecule has 0 radical (unpaired) electrons. The third-order valence-corrected chi connectivity index (χ3v) is 7.18. The van der Waals surface area contributed by atoms with E-state index < -0.39 is 5.41 Å². The minimum absolute atomic E-state index is 0.0376. The molecule has 0 saturated carbocycles. The molecule has 2 aromatic heterocycles. The zero-order valence-corrected chi connectivity index (χ0v) is 17.2. The summed E-state index contributed by atoms with van der Waals surface area (Å²) in [5.74, 6) is 1.02. The molecule has 6 heteroatoms. The summed E-state index contributed by atoms with van der Waals surface area (Å²) in [4.78, 5) is 16.6. The van der Waals surface area contributed by atoms with Crippen molar-refractivity contribution in [3.8, 4) is 11.8 Å². The lowest BCUT2D eigenvalue weighted by Crippen LogP contribution is -2.58. The maximum Gasteiger partial charge on any atom is 0.195 e. The first-order valence-electron chi connectivity index (χ1n) is 10.1. The molecule has 5 rings (SSSR count). The Morgan fingerprint density at radius 2 is 2.07 bits per heavy atom. The Hall–Kier alpha value is -2.91. The number of nitriles is 1. The van der Waals surface area contributed by atoms with Gasteiger partial charge in [0.25, 0.3) is 0 Å². The number of para-hydroxylation sites is 1. The van der Waals surface area contributed by atoms with Gasteiger partial charge in [0.15, 0.2) is 5.78 Å². The van der Waals surface area contributed by atoms with E-state index in [-0.39, 0.29) is 11.8 Å². The number of ketones is 1. The molecule has 2 aliphatic rings. The van der Waals surface area contributed by atoms with Crippen molar-refractivity contribution in [2.75, 3.05) is 11.4 Å². The quantitative estimate of drug-likeness (QED) is 0.603. The second kappa shape index (κ2) is 6.85. The predicted octanol–water partition coefficient (Wildman–Crippen LogP) is 4.55. The van der Waals surface area contributed by atoms with Crippen LogP contribution in [0.5, 0.6) is 0 Å². The SMILES string of the molecule is Cc1nn(-c2ccccc2)c2c1C[C@@](C#N)(C(=O)c1cccs1)[C@@H]1CCCCN21. The van der Waals surface area contributed by atoms with Crippen molar-refractivity contribution in [2.45, 2.75) is 38.6 Å². The molecule has 0 unspecified atom stereocenters. The Morgan fingerprint density at radius 1 is 1.24 bits per heavy atom. The normalized spacial score (nSPS) is 23.2. The second-order valence-corrected chi connectivity index (χ2v) is 8.85. The maximum atomic E-state index is 13.6. The lowest BCUT2D eigenvalue weighted by molar-refractivity contribution is 0.0803. The average molecular weight is 403 g/mol. The van der Waals surface area contributed by atoms with Gasteiger partial charge < -0.3 is 4.90 Å². The van der Waals surface area contributed by atoms with E-state index in [0.717, 1.165) is 48.6 Å². The van der Waals surface area contributed by atoms with E-state index in [1.807, 2.05) is 47.3 Å². The highest BCUT2D eigenvalue weighted by Gasteiger charge is 2.55. The number of piperidine rings is 1. The highest BCUT2D eigenvalue weighted by molar-refractivity contribution is 7.12. The summed E-state index contributed by atoms with van der Waals surface area (Å²) in [5, 5.41) is 17.1. The number of nitrogens with zero attached hydrogens (tertiary/aromatic N) is 4. The molecule has 29 heavy (non-hydrogen) atoms. The van der Waals surface area contributed by atoms with Crippen LogP contribution >= 0.6 is 11.3 Å². The number of carbonyl (C=O) groups is 1. The lowest BCUT2D eigenvalue weighted by atomic mass is 9.67. The molecule has 3 aromatic rings. The molecule has 146 valence electrons. The van der Waals surface area contributed by atoms with E-state index >= 15 is 0 Å². The van der Waals surface area contributed by atoms with Gasteiger partial charge in [0.2, 0.25) is 0 Å². The van der Waals surface area contributed by atoms with Gasteiger partial charge in [-0.25, -0.2) is 4.68 Å². The topological polar surface area (TPSA) is 61.9 Å². The Balaban J connectivity index is 1.70. The van der Waals surface area contributed by atoms with Crippen molar-refractivity contribution in [3.05, 3.63) is 64.0 Å². The van der Waals surface area contributed by atoms with Crippen LogP contribution in [0.1, 0.15) is 40.2 Å². The molecule has 1 aromatic carbocycles. The first-order valence-corrected chi connectivity index (χ1v) is 10.9. The summed E-state index contributed by atoms with van der Waals surface area (Å²) >= 11 is 1.43. The number of hydrogen-bond acceptors (Lipinski definition) is 5. The minimum atomic E-state index is -1.06. The molecule has 2 aliphatic heterocycles. The predicted molar refractivity (Wildman–Crippen MR) is 114 cm³/mol. The van der Waals surface area contributed by atoms with Crippen LogP contribution in [0.4, 0.5) is 5.82 Å². The zero-order valence-electron chi connectivity index (χ0n) is 16.3. The van der Waals surface area contributed by atoms with E-state index in [0.29, 0.717) is 11.3 Å². The van der Waals surface area contributed by atoms with Crippen molar-refractivity contribution in [2.24, 2.45) is 5.41 Å². The van der Waals surface area contributed by atoms with Crippen LogP contribution in [-0.4, -0.2) is 28.2 Å². The summed E-state index contributed by atoms with van der Waals surface area (Å²) < 4.78 is 2.00. The molecule has 0 amide bonds. The van der Waals surface area contributed by atoms with Crippen LogP contribution in [0.2, 0.25) is 0 Å². The molecule has 1 saturated heterocycles. The second-order valence-electron chi connectivity index (χ2n) is 7.91. The number of benzene rings is 1. The Labute approximate surface area is 174 Å². The highest BCUT2D eigenvalue weighted by atomic mass is 32.1. The molecular weight excluding hydrogens is 380 g/mol. The Morgan fingerprint density at radius 3 is 2.79 bits per heavy atom. The van der Waals surface area contributed by atoms with E-state index in [9.17, 15) is 10.1 Å². The number of hydrogen-bond donors (Lipinski definition) is 0.